The van der Waals surface area contributed by atoms with E-state index in [4.69, 9.17) is 9.47 Å². The van der Waals surface area contributed by atoms with Crippen LogP contribution in [0.2, 0.25) is 0 Å². The summed E-state index contributed by atoms with van der Waals surface area (Å²) < 4.78 is 39.0. The van der Waals surface area contributed by atoms with Crippen LogP contribution in [0.15, 0.2) is 53.4 Å². The number of anilines is 1. The molecule has 2 aromatic rings. The molecule has 0 spiro atoms. The Labute approximate surface area is 157 Å². The lowest BCUT2D eigenvalue weighted by atomic mass is 10.2. The van der Waals surface area contributed by atoms with Gasteiger partial charge in [-0.2, -0.15) is 0 Å². The van der Waals surface area contributed by atoms with Crippen molar-refractivity contribution in [1.82, 2.24) is 4.72 Å². The van der Waals surface area contributed by atoms with Crippen LogP contribution in [0.3, 0.4) is 0 Å². The third-order valence-corrected chi connectivity index (χ3v) is 6.04. The zero-order valence-electron chi connectivity index (χ0n) is 14.6. The van der Waals surface area contributed by atoms with Crippen LogP contribution in [0.25, 0.3) is 0 Å². The molecular formula is C19H20N2O5S. The minimum absolute atomic E-state index is 0.0680. The third kappa shape index (κ3) is 3.77. The van der Waals surface area contributed by atoms with E-state index in [1.807, 2.05) is 18.2 Å². The summed E-state index contributed by atoms with van der Waals surface area (Å²) >= 11 is 0. The molecule has 1 unspecified atom stereocenters. The number of nitrogens with zero attached hydrogens (tertiary/aromatic N) is 1. The normalized spacial score (nSPS) is 19.3. The lowest BCUT2D eigenvalue weighted by Gasteiger charge is -2.26. The van der Waals surface area contributed by atoms with Gasteiger partial charge in [0.15, 0.2) is 11.5 Å². The standard InChI is InChI=1S/C19H20N2O5S/c22-19-6-3-11-21(19)14-7-9-16(10-8-14)27(23,24)20-12-15-13-25-17-4-1-2-5-18(17)26-15/h1-2,4-5,7-10,15,20H,3,6,11-13H2. The Balaban J connectivity index is 1.39. The van der Waals surface area contributed by atoms with Crippen molar-refractivity contribution in [1.29, 1.82) is 0 Å². The van der Waals surface area contributed by atoms with Crippen molar-refractivity contribution < 1.29 is 22.7 Å². The van der Waals surface area contributed by atoms with Gasteiger partial charge in [0, 0.05) is 18.7 Å². The van der Waals surface area contributed by atoms with E-state index in [2.05, 4.69) is 4.72 Å². The SMILES string of the molecule is O=C1CCCN1c1ccc(S(=O)(=O)NCC2COc3ccccc3O2)cc1. The van der Waals surface area contributed by atoms with Crippen molar-refractivity contribution in [2.24, 2.45) is 0 Å². The average Bonchev–Trinajstić information content (AvgIpc) is 3.12. The van der Waals surface area contributed by atoms with Gasteiger partial charge in [-0.25, -0.2) is 13.1 Å². The van der Waals surface area contributed by atoms with Gasteiger partial charge in [0.2, 0.25) is 15.9 Å². The van der Waals surface area contributed by atoms with E-state index in [-0.39, 0.29) is 24.0 Å². The lowest BCUT2D eigenvalue weighted by Crippen LogP contribution is -2.40. The van der Waals surface area contributed by atoms with Crippen LogP contribution in [-0.2, 0) is 14.8 Å². The van der Waals surface area contributed by atoms with Gasteiger partial charge in [-0.1, -0.05) is 12.1 Å². The molecule has 1 saturated heterocycles. The molecule has 142 valence electrons. The van der Waals surface area contributed by atoms with Gasteiger partial charge in [0.1, 0.15) is 12.7 Å². The van der Waals surface area contributed by atoms with Crippen LogP contribution < -0.4 is 19.1 Å². The van der Waals surface area contributed by atoms with E-state index in [0.29, 0.717) is 24.5 Å². The molecule has 0 aliphatic carbocycles. The first-order chi connectivity index (χ1) is 13.0. The van der Waals surface area contributed by atoms with Gasteiger partial charge in [-0.15, -0.1) is 0 Å². The van der Waals surface area contributed by atoms with Crippen molar-refractivity contribution in [3.8, 4) is 11.5 Å². The predicted octanol–water partition coefficient (Wildman–Crippen LogP) is 1.93. The molecule has 1 N–H and O–H groups in total. The van der Waals surface area contributed by atoms with Crippen LogP contribution >= 0.6 is 0 Å². The summed E-state index contributed by atoms with van der Waals surface area (Å²) in [6, 6.07) is 13.6. The zero-order valence-corrected chi connectivity index (χ0v) is 15.4. The molecule has 8 heteroatoms. The number of nitrogens with one attached hydrogen (secondary N) is 1. The van der Waals surface area contributed by atoms with Gasteiger partial charge in [-0.3, -0.25) is 4.79 Å². The van der Waals surface area contributed by atoms with Gasteiger partial charge in [0.25, 0.3) is 0 Å². The Hall–Kier alpha value is -2.58. The smallest absolute Gasteiger partial charge is 0.240 e. The number of rotatable bonds is 5. The highest BCUT2D eigenvalue weighted by Crippen LogP contribution is 2.30. The van der Waals surface area contributed by atoms with Gasteiger partial charge < -0.3 is 14.4 Å². The summed E-state index contributed by atoms with van der Waals surface area (Å²) in [7, 11) is -3.68. The third-order valence-electron chi connectivity index (χ3n) is 4.60. The number of sulfonamides is 1. The van der Waals surface area contributed by atoms with Crippen molar-refractivity contribution in [3.05, 3.63) is 48.5 Å². The number of para-hydroxylation sites is 2. The van der Waals surface area contributed by atoms with Gasteiger partial charge in [0.05, 0.1) is 11.4 Å². The summed E-state index contributed by atoms with van der Waals surface area (Å²) in [6.45, 7) is 1.04. The van der Waals surface area contributed by atoms with Crippen LogP contribution in [-0.4, -0.2) is 40.1 Å². The molecule has 2 aromatic carbocycles. The quantitative estimate of drug-likeness (QED) is 0.846. The molecule has 2 heterocycles. The number of amides is 1. The maximum atomic E-state index is 12.5. The number of hydrogen-bond acceptors (Lipinski definition) is 5. The van der Waals surface area contributed by atoms with E-state index in [9.17, 15) is 13.2 Å². The van der Waals surface area contributed by atoms with Crippen molar-refractivity contribution in [2.75, 3.05) is 24.6 Å². The molecule has 0 bridgehead atoms. The second-order valence-electron chi connectivity index (χ2n) is 6.49. The fourth-order valence-electron chi connectivity index (χ4n) is 3.18. The fraction of sp³-hybridized carbons (Fsp3) is 0.316. The largest absolute Gasteiger partial charge is 0.486 e. The molecule has 4 rings (SSSR count). The molecule has 27 heavy (non-hydrogen) atoms. The topological polar surface area (TPSA) is 84.9 Å². The predicted molar refractivity (Wildman–Crippen MR) is 99.6 cm³/mol. The maximum Gasteiger partial charge on any atom is 0.240 e. The molecule has 1 amide bonds. The van der Waals surface area contributed by atoms with E-state index >= 15 is 0 Å². The lowest BCUT2D eigenvalue weighted by molar-refractivity contribution is -0.117. The highest BCUT2D eigenvalue weighted by molar-refractivity contribution is 7.89. The first kappa shape index (κ1) is 17.8. The summed E-state index contributed by atoms with van der Waals surface area (Å²) in [5, 5.41) is 0. The van der Waals surface area contributed by atoms with E-state index in [0.717, 1.165) is 12.1 Å². The first-order valence-electron chi connectivity index (χ1n) is 8.81. The number of fused-ring (bicyclic) bond motifs is 1. The van der Waals surface area contributed by atoms with E-state index in [1.54, 1.807) is 23.1 Å². The molecule has 2 aliphatic rings. The summed E-state index contributed by atoms with van der Waals surface area (Å²) in [5.41, 5.74) is 0.720. The minimum atomic E-state index is -3.68. The highest BCUT2D eigenvalue weighted by atomic mass is 32.2. The second kappa shape index (κ2) is 7.21. The fourth-order valence-corrected chi connectivity index (χ4v) is 4.24. The number of hydrogen-bond donors (Lipinski definition) is 1. The molecule has 2 aliphatic heterocycles. The van der Waals surface area contributed by atoms with Crippen LogP contribution in [0.5, 0.6) is 11.5 Å². The Morgan fingerprint density at radius 3 is 2.52 bits per heavy atom. The molecule has 1 fully saturated rings. The van der Waals surface area contributed by atoms with Crippen LogP contribution in [0, 0.1) is 0 Å². The summed E-state index contributed by atoms with van der Waals surface area (Å²) in [6.07, 6.45) is 0.956. The monoisotopic (exact) mass is 388 g/mol. The molecule has 0 aromatic heterocycles. The van der Waals surface area contributed by atoms with Gasteiger partial charge in [-0.05, 0) is 42.8 Å². The Kier molecular flexibility index (Phi) is 4.75. The Morgan fingerprint density at radius 1 is 1.07 bits per heavy atom. The van der Waals surface area contributed by atoms with Crippen molar-refractivity contribution in [2.45, 2.75) is 23.8 Å². The molecule has 0 radical (unpaired) electrons. The number of carbonyl (C=O) groups is 1. The highest BCUT2D eigenvalue weighted by Gasteiger charge is 2.25. The van der Waals surface area contributed by atoms with Gasteiger partial charge >= 0.3 is 0 Å². The summed E-state index contributed by atoms with van der Waals surface area (Å²) in [5.74, 6) is 1.33. The van der Waals surface area contributed by atoms with E-state index < -0.39 is 16.1 Å². The van der Waals surface area contributed by atoms with Crippen LogP contribution in [0.4, 0.5) is 5.69 Å². The Morgan fingerprint density at radius 2 is 1.81 bits per heavy atom. The Bertz CT molecular complexity index is 943. The maximum absolute atomic E-state index is 12.5. The average molecular weight is 388 g/mol. The second-order valence-corrected chi connectivity index (χ2v) is 8.26. The zero-order chi connectivity index (χ0) is 18.9. The number of carbonyl (C=O) groups excluding carboxylic acids is 1. The first-order valence-corrected chi connectivity index (χ1v) is 10.3. The van der Waals surface area contributed by atoms with Crippen molar-refractivity contribution >= 4 is 21.6 Å². The molecule has 7 nitrogen and oxygen atoms in total. The summed E-state index contributed by atoms with van der Waals surface area (Å²) in [4.78, 5) is 13.6. The van der Waals surface area contributed by atoms with Crippen LogP contribution in [0.1, 0.15) is 12.8 Å². The molecule has 0 saturated carbocycles. The molecule has 1 atom stereocenters. The van der Waals surface area contributed by atoms with E-state index in [1.165, 1.54) is 12.1 Å². The number of ether oxygens (including phenoxy) is 2. The van der Waals surface area contributed by atoms with Crippen molar-refractivity contribution in [3.63, 3.8) is 0 Å². The minimum Gasteiger partial charge on any atom is -0.486 e. The molecular weight excluding hydrogens is 368 g/mol. The number of benzene rings is 2.